The van der Waals surface area contributed by atoms with E-state index in [0.717, 1.165) is 5.69 Å². The van der Waals surface area contributed by atoms with E-state index in [1.54, 1.807) is 36.4 Å². The van der Waals surface area contributed by atoms with Crippen LogP contribution in [-0.4, -0.2) is 31.0 Å². The molecule has 0 aliphatic rings. The van der Waals surface area contributed by atoms with E-state index in [4.69, 9.17) is 12.2 Å². The van der Waals surface area contributed by atoms with Gasteiger partial charge in [0.25, 0.3) is 5.91 Å². The summed E-state index contributed by atoms with van der Waals surface area (Å²) in [5, 5.41) is 8.45. The zero-order chi connectivity index (χ0) is 18.4. The van der Waals surface area contributed by atoms with E-state index in [9.17, 15) is 9.59 Å². The van der Waals surface area contributed by atoms with Crippen molar-refractivity contribution in [2.45, 2.75) is 6.92 Å². The molecule has 0 fully saturated rings. The number of rotatable bonds is 4. The molecule has 130 valence electrons. The van der Waals surface area contributed by atoms with Crippen molar-refractivity contribution < 1.29 is 9.59 Å². The highest BCUT2D eigenvalue weighted by atomic mass is 32.1. The Morgan fingerprint density at radius 1 is 0.880 bits per heavy atom. The predicted molar refractivity (Wildman–Crippen MR) is 105 cm³/mol. The number of amides is 2. The summed E-state index contributed by atoms with van der Waals surface area (Å²) in [6.45, 7) is 1.45. The largest absolute Gasteiger partial charge is 0.378 e. The highest BCUT2D eigenvalue weighted by molar-refractivity contribution is 7.80. The molecule has 2 aromatic rings. The molecule has 0 unspecified atom stereocenters. The summed E-state index contributed by atoms with van der Waals surface area (Å²) in [4.78, 5) is 25.2. The van der Waals surface area contributed by atoms with Gasteiger partial charge in [-0.05, 0) is 60.7 Å². The smallest absolute Gasteiger partial charge is 0.257 e. The van der Waals surface area contributed by atoms with Gasteiger partial charge in [0.2, 0.25) is 5.91 Å². The van der Waals surface area contributed by atoms with Crippen molar-refractivity contribution in [3.8, 4) is 0 Å². The summed E-state index contributed by atoms with van der Waals surface area (Å²) in [7, 11) is 3.87. The summed E-state index contributed by atoms with van der Waals surface area (Å²) in [5.41, 5.74) is 2.93. The van der Waals surface area contributed by atoms with Gasteiger partial charge in [-0.3, -0.25) is 14.9 Å². The van der Waals surface area contributed by atoms with Gasteiger partial charge in [-0.25, -0.2) is 0 Å². The Balaban J connectivity index is 1.92. The first-order chi connectivity index (χ1) is 11.8. The maximum absolute atomic E-state index is 12.2. The van der Waals surface area contributed by atoms with Gasteiger partial charge in [0.1, 0.15) is 0 Å². The van der Waals surface area contributed by atoms with E-state index in [2.05, 4.69) is 16.0 Å². The first kappa shape index (κ1) is 18.4. The van der Waals surface area contributed by atoms with Crippen molar-refractivity contribution >= 4 is 46.2 Å². The van der Waals surface area contributed by atoms with Crippen LogP contribution in [0.2, 0.25) is 0 Å². The lowest BCUT2D eigenvalue weighted by Gasteiger charge is -2.13. The molecule has 0 heterocycles. The number of carbonyl (C=O) groups is 2. The molecule has 0 spiro atoms. The van der Waals surface area contributed by atoms with E-state index in [-0.39, 0.29) is 16.9 Å². The fraction of sp³-hybridized carbons (Fsp3) is 0.167. The number of nitrogens with zero attached hydrogens (tertiary/aromatic N) is 1. The van der Waals surface area contributed by atoms with Gasteiger partial charge in [-0.15, -0.1) is 0 Å². The topological polar surface area (TPSA) is 73.5 Å². The van der Waals surface area contributed by atoms with Gasteiger partial charge in [-0.2, -0.15) is 0 Å². The number of anilines is 3. The van der Waals surface area contributed by atoms with Crippen LogP contribution in [-0.2, 0) is 4.79 Å². The maximum Gasteiger partial charge on any atom is 0.257 e. The molecule has 0 atom stereocenters. The van der Waals surface area contributed by atoms with Gasteiger partial charge in [-0.1, -0.05) is 0 Å². The lowest BCUT2D eigenvalue weighted by molar-refractivity contribution is -0.114. The summed E-state index contributed by atoms with van der Waals surface area (Å²) in [5.74, 6) is -0.415. The van der Waals surface area contributed by atoms with Crippen molar-refractivity contribution in [1.82, 2.24) is 5.32 Å². The lowest BCUT2D eigenvalue weighted by atomic mass is 10.2. The lowest BCUT2D eigenvalue weighted by Crippen LogP contribution is -2.34. The second-order valence-electron chi connectivity index (χ2n) is 5.61. The summed E-state index contributed by atoms with van der Waals surface area (Å²) >= 11 is 5.16. The Hall–Kier alpha value is -2.93. The second kappa shape index (κ2) is 8.25. The third kappa shape index (κ3) is 5.58. The number of carbonyl (C=O) groups excluding carboxylic acids is 2. The van der Waals surface area contributed by atoms with Crippen molar-refractivity contribution in [1.29, 1.82) is 0 Å². The van der Waals surface area contributed by atoms with Gasteiger partial charge in [0.15, 0.2) is 5.11 Å². The predicted octanol–water partition coefficient (Wildman–Crippen LogP) is 2.84. The molecule has 6 nitrogen and oxygen atoms in total. The monoisotopic (exact) mass is 356 g/mol. The summed E-state index contributed by atoms with van der Waals surface area (Å²) in [6.07, 6.45) is 0. The zero-order valence-electron chi connectivity index (χ0n) is 14.3. The minimum Gasteiger partial charge on any atom is -0.378 e. The SMILES string of the molecule is CC(=O)Nc1ccc(NC(=S)NC(=O)c2ccc(N(C)C)cc2)cc1. The van der Waals surface area contributed by atoms with Crippen LogP contribution in [0, 0.1) is 0 Å². The molecule has 2 rings (SSSR count). The fourth-order valence-corrected chi connectivity index (χ4v) is 2.30. The number of nitrogens with one attached hydrogen (secondary N) is 3. The Labute approximate surface area is 152 Å². The van der Waals surface area contributed by atoms with E-state index in [1.165, 1.54) is 6.92 Å². The van der Waals surface area contributed by atoms with E-state index in [0.29, 0.717) is 16.9 Å². The molecule has 25 heavy (non-hydrogen) atoms. The summed E-state index contributed by atoms with van der Waals surface area (Å²) < 4.78 is 0. The highest BCUT2D eigenvalue weighted by Crippen LogP contribution is 2.14. The second-order valence-corrected chi connectivity index (χ2v) is 6.02. The van der Waals surface area contributed by atoms with E-state index >= 15 is 0 Å². The van der Waals surface area contributed by atoms with Crippen molar-refractivity contribution in [2.24, 2.45) is 0 Å². The average molecular weight is 356 g/mol. The Kier molecular flexibility index (Phi) is 6.08. The van der Waals surface area contributed by atoms with E-state index in [1.807, 2.05) is 31.1 Å². The number of hydrogen-bond donors (Lipinski definition) is 3. The van der Waals surface area contributed by atoms with Crippen LogP contribution in [0.4, 0.5) is 17.1 Å². The van der Waals surface area contributed by atoms with Crippen molar-refractivity contribution in [2.75, 3.05) is 29.6 Å². The number of benzene rings is 2. The molecule has 7 heteroatoms. The minimum atomic E-state index is -0.280. The van der Waals surface area contributed by atoms with Crippen LogP contribution in [0.5, 0.6) is 0 Å². The molecule has 0 saturated carbocycles. The third-order valence-corrected chi connectivity index (χ3v) is 3.54. The molecule has 2 aromatic carbocycles. The quantitative estimate of drug-likeness (QED) is 0.735. The van der Waals surface area contributed by atoms with Gasteiger partial charge in [0, 0.05) is 43.6 Å². The minimum absolute atomic E-state index is 0.135. The molecule has 0 aromatic heterocycles. The van der Waals surface area contributed by atoms with Crippen molar-refractivity contribution in [3.05, 3.63) is 54.1 Å². The zero-order valence-corrected chi connectivity index (χ0v) is 15.1. The molecular formula is C18H20N4O2S. The van der Waals surface area contributed by atoms with Gasteiger partial charge >= 0.3 is 0 Å². The molecular weight excluding hydrogens is 336 g/mol. The number of hydrogen-bond acceptors (Lipinski definition) is 4. The molecule has 0 aliphatic carbocycles. The van der Waals surface area contributed by atoms with E-state index < -0.39 is 0 Å². The molecule has 2 amide bonds. The standard InChI is InChI=1S/C18H20N4O2S/c1-12(23)19-14-6-8-15(9-7-14)20-18(25)21-17(24)13-4-10-16(11-5-13)22(2)3/h4-11H,1-3H3,(H,19,23)(H2,20,21,24,25). The van der Waals surface area contributed by atoms with Crippen LogP contribution in [0.1, 0.15) is 17.3 Å². The maximum atomic E-state index is 12.2. The Morgan fingerprint density at radius 2 is 1.40 bits per heavy atom. The van der Waals surface area contributed by atoms with Gasteiger partial charge < -0.3 is 15.5 Å². The third-order valence-electron chi connectivity index (χ3n) is 3.34. The van der Waals surface area contributed by atoms with Crippen LogP contribution < -0.4 is 20.9 Å². The fourth-order valence-electron chi connectivity index (χ4n) is 2.09. The molecule has 0 saturated heterocycles. The van der Waals surface area contributed by atoms with Crippen LogP contribution in [0.3, 0.4) is 0 Å². The van der Waals surface area contributed by atoms with Crippen molar-refractivity contribution in [3.63, 3.8) is 0 Å². The molecule has 0 bridgehead atoms. The van der Waals surface area contributed by atoms with Crippen LogP contribution in [0.15, 0.2) is 48.5 Å². The molecule has 3 N–H and O–H groups in total. The first-order valence-corrected chi connectivity index (χ1v) is 8.03. The Morgan fingerprint density at radius 3 is 1.88 bits per heavy atom. The van der Waals surface area contributed by atoms with Crippen LogP contribution >= 0.6 is 12.2 Å². The molecule has 0 aliphatic heterocycles. The normalized spacial score (nSPS) is 9.88. The molecule has 0 radical (unpaired) electrons. The average Bonchev–Trinajstić information content (AvgIpc) is 2.56. The summed E-state index contributed by atoms with van der Waals surface area (Å²) in [6, 6.07) is 14.2. The van der Waals surface area contributed by atoms with Gasteiger partial charge in [0.05, 0.1) is 0 Å². The number of thiocarbonyl (C=S) groups is 1. The Bertz CT molecular complexity index is 771. The highest BCUT2D eigenvalue weighted by Gasteiger charge is 2.08. The first-order valence-electron chi connectivity index (χ1n) is 7.62. The van der Waals surface area contributed by atoms with Crippen LogP contribution in [0.25, 0.3) is 0 Å².